The van der Waals surface area contributed by atoms with Crippen LogP contribution in [0.1, 0.15) is 38.5 Å². The Morgan fingerprint density at radius 3 is 2.62 bits per heavy atom. The number of aromatic nitrogens is 2. The maximum atomic E-state index is 12.3. The number of ether oxygens (including phenoxy) is 1. The molecule has 2 N–H and O–H groups in total. The SMILES string of the molecule is CCCNC(=O)c1ccc(OCc2nnc(C(=O)Nc3cccc(Cl)c3)s2)cc1. The van der Waals surface area contributed by atoms with Crippen molar-refractivity contribution in [1.29, 1.82) is 0 Å². The number of amides is 2. The van der Waals surface area contributed by atoms with E-state index in [-0.39, 0.29) is 23.4 Å². The number of halogens is 1. The lowest BCUT2D eigenvalue weighted by atomic mass is 10.2. The first kappa shape index (κ1) is 20.8. The molecule has 2 amide bonds. The summed E-state index contributed by atoms with van der Waals surface area (Å²) in [6.45, 7) is 2.81. The number of hydrogen-bond donors (Lipinski definition) is 2. The fourth-order valence-corrected chi connectivity index (χ4v) is 3.18. The third-order valence-corrected chi connectivity index (χ3v) is 4.89. The highest BCUT2D eigenvalue weighted by atomic mass is 35.5. The molecule has 0 aliphatic rings. The van der Waals surface area contributed by atoms with E-state index >= 15 is 0 Å². The number of nitrogens with one attached hydrogen (secondary N) is 2. The Labute approximate surface area is 177 Å². The molecule has 2 aromatic carbocycles. The van der Waals surface area contributed by atoms with Crippen molar-refractivity contribution in [2.24, 2.45) is 0 Å². The van der Waals surface area contributed by atoms with E-state index in [1.807, 2.05) is 6.92 Å². The van der Waals surface area contributed by atoms with Crippen LogP contribution < -0.4 is 15.4 Å². The molecule has 9 heteroatoms. The molecule has 0 aliphatic carbocycles. The molecule has 3 rings (SSSR count). The average Bonchev–Trinajstić information content (AvgIpc) is 3.20. The van der Waals surface area contributed by atoms with E-state index in [2.05, 4.69) is 20.8 Å². The summed E-state index contributed by atoms with van der Waals surface area (Å²) in [5.41, 5.74) is 1.15. The number of rotatable bonds is 8. The summed E-state index contributed by atoms with van der Waals surface area (Å²) < 4.78 is 5.66. The van der Waals surface area contributed by atoms with E-state index in [9.17, 15) is 9.59 Å². The van der Waals surface area contributed by atoms with Crippen LogP contribution in [0.2, 0.25) is 5.02 Å². The van der Waals surface area contributed by atoms with Gasteiger partial charge in [0.15, 0.2) is 5.01 Å². The second kappa shape index (κ2) is 9.99. The summed E-state index contributed by atoms with van der Waals surface area (Å²) in [6, 6.07) is 13.7. The van der Waals surface area contributed by atoms with Crippen LogP contribution in [-0.4, -0.2) is 28.6 Å². The monoisotopic (exact) mass is 430 g/mol. The maximum absolute atomic E-state index is 12.3. The van der Waals surface area contributed by atoms with Gasteiger partial charge in [0, 0.05) is 22.8 Å². The van der Waals surface area contributed by atoms with Gasteiger partial charge in [-0.3, -0.25) is 9.59 Å². The molecule has 1 heterocycles. The van der Waals surface area contributed by atoms with Gasteiger partial charge >= 0.3 is 0 Å². The van der Waals surface area contributed by atoms with Gasteiger partial charge in [0.1, 0.15) is 12.4 Å². The van der Waals surface area contributed by atoms with Gasteiger partial charge in [-0.15, -0.1) is 10.2 Å². The zero-order valence-electron chi connectivity index (χ0n) is 15.6. The minimum absolute atomic E-state index is 0.113. The Bertz CT molecular complexity index is 991. The van der Waals surface area contributed by atoms with E-state index in [0.29, 0.717) is 33.6 Å². The Morgan fingerprint density at radius 2 is 1.90 bits per heavy atom. The predicted molar refractivity (Wildman–Crippen MR) is 113 cm³/mol. The highest BCUT2D eigenvalue weighted by Gasteiger charge is 2.14. The normalized spacial score (nSPS) is 10.4. The molecular weight excluding hydrogens is 412 g/mol. The van der Waals surface area contributed by atoms with Crippen LogP contribution in [-0.2, 0) is 6.61 Å². The van der Waals surface area contributed by atoms with Crippen LogP contribution in [0, 0.1) is 0 Å². The number of benzene rings is 2. The van der Waals surface area contributed by atoms with Gasteiger partial charge in [0.25, 0.3) is 11.8 Å². The quantitative estimate of drug-likeness (QED) is 0.559. The minimum Gasteiger partial charge on any atom is -0.486 e. The van der Waals surface area contributed by atoms with Crippen LogP contribution in [0.15, 0.2) is 48.5 Å². The molecule has 0 spiro atoms. The minimum atomic E-state index is -0.363. The Kier molecular flexibility index (Phi) is 7.15. The molecule has 0 unspecified atom stereocenters. The summed E-state index contributed by atoms with van der Waals surface area (Å²) in [6.07, 6.45) is 0.883. The van der Waals surface area contributed by atoms with Gasteiger partial charge in [-0.1, -0.05) is 35.9 Å². The first-order valence-corrected chi connectivity index (χ1v) is 10.1. The Balaban J connectivity index is 1.53. The topological polar surface area (TPSA) is 93.2 Å². The lowest BCUT2D eigenvalue weighted by molar-refractivity contribution is 0.0952. The van der Waals surface area contributed by atoms with Gasteiger partial charge in [0.05, 0.1) is 0 Å². The zero-order valence-corrected chi connectivity index (χ0v) is 17.2. The molecule has 0 saturated carbocycles. The molecule has 7 nitrogen and oxygen atoms in total. The molecule has 0 fully saturated rings. The Hall–Kier alpha value is -2.97. The molecule has 0 atom stereocenters. The number of hydrogen-bond acceptors (Lipinski definition) is 6. The smallest absolute Gasteiger partial charge is 0.286 e. The number of carbonyl (C=O) groups is 2. The van der Waals surface area contributed by atoms with E-state index in [1.54, 1.807) is 48.5 Å². The lowest BCUT2D eigenvalue weighted by Gasteiger charge is -2.06. The second-order valence-electron chi connectivity index (χ2n) is 6.03. The van der Waals surface area contributed by atoms with Crippen molar-refractivity contribution in [3.05, 3.63) is 69.1 Å². The number of anilines is 1. The molecular formula is C20H19ClN4O3S. The molecule has 29 heavy (non-hydrogen) atoms. The van der Waals surface area contributed by atoms with Crippen molar-refractivity contribution in [3.8, 4) is 5.75 Å². The van der Waals surface area contributed by atoms with Crippen LogP contribution in [0.25, 0.3) is 0 Å². The lowest BCUT2D eigenvalue weighted by Crippen LogP contribution is -2.23. The highest BCUT2D eigenvalue weighted by molar-refractivity contribution is 7.13. The first-order chi connectivity index (χ1) is 14.0. The van der Waals surface area contributed by atoms with Crippen molar-refractivity contribution in [1.82, 2.24) is 15.5 Å². The molecule has 0 radical (unpaired) electrons. The summed E-state index contributed by atoms with van der Waals surface area (Å²) in [5, 5.41) is 14.7. The fourth-order valence-electron chi connectivity index (χ4n) is 2.34. The van der Waals surface area contributed by atoms with Gasteiger partial charge in [-0.2, -0.15) is 0 Å². The largest absolute Gasteiger partial charge is 0.486 e. The van der Waals surface area contributed by atoms with Crippen molar-refractivity contribution in [3.63, 3.8) is 0 Å². The third-order valence-electron chi connectivity index (χ3n) is 3.76. The summed E-state index contributed by atoms with van der Waals surface area (Å²) in [7, 11) is 0. The van der Waals surface area contributed by atoms with Crippen molar-refractivity contribution in [2.45, 2.75) is 20.0 Å². The molecule has 3 aromatic rings. The van der Waals surface area contributed by atoms with Crippen molar-refractivity contribution in [2.75, 3.05) is 11.9 Å². The second-order valence-corrected chi connectivity index (χ2v) is 7.53. The fraction of sp³-hybridized carbons (Fsp3) is 0.200. The zero-order chi connectivity index (χ0) is 20.6. The van der Waals surface area contributed by atoms with Gasteiger partial charge in [-0.25, -0.2) is 0 Å². The summed E-state index contributed by atoms with van der Waals surface area (Å²) in [5.74, 6) is 0.119. The molecule has 0 saturated heterocycles. The average molecular weight is 431 g/mol. The van der Waals surface area contributed by atoms with Crippen LogP contribution >= 0.6 is 22.9 Å². The standard InChI is InChI=1S/C20H19ClN4O3S/c1-2-10-22-18(26)13-6-8-16(9-7-13)28-12-17-24-25-20(29-17)19(27)23-15-5-3-4-14(21)11-15/h3-9,11H,2,10,12H2,1H3,(H,22,26)(H,23,27). The molecule has 0 aliphatic heterocycles. The molecule has 0 bridgehead atoms. The van der Waals surface area contributed by atoms with Crippen molar-refractivity contribution >= 4 is 40.4 Å². The van der Waals surface area contributed by atoms with Gasteiger partial charge < -0.3 is 15.4 Å². The summed E-state index contributed by atoms with van der Waals surface area (Å²) >= 11 is 7.06. The van der Waals surface area contributed by atoms with Gasteiger partial charge in [-0.05, 0) is 48.9 Å². The number of carbonyl (C=O) groups excluding carboxylic acids is 2. The predicted octanol–water partition coefficient (Wildman–Crippen LogP) is 4.16. The Morgan fingerprint density at radius 1 is 1.10 bits per heavy atom. The van der Waals surface area contributed by atoms with E-state index in [0.717, 1.165) is 17.8 Å². The van der Waals surface area contributed by atoms with Gasteiger partial charge in [0.2, 0.25) is 5.01 Å². The summed E-state index contributed by atoms with van der Waals surface area (Å²) in [4.78, 5) is 24.2. The van der Waals surface area contributed by atoms with E-state index in [1.165, 1.54) is 0 Å². The molecule has 1 aromatic heterocycles. The molecule has 150 valence electrons. The van der Waals surface area contributed by atoms with Crippen LogP contribution in [0.3, 0.4) is 0 Å². The van der Waals surface area contributed by atoms with E-state index in [4.69, 9.17) is 16.3 Å². The van der Waals surface area contributed by atoms with Crippen LogP contribution in [0.4, 0.5) is 5.69 Å². The van der Waals surface area contributed by atoms with Crippen molar-refractivity contribution < 1.29 is 14.3 Å². The van der Waals surface area contributed by atoms with E-state index < -0.39 is 0 Å². The maximum Gasteiger partial charge on any atom is 0.286 e. The number of nitrogens with zero attached hydrogens (tertiary/aromatic N) is 2. The first-order valence-electron chi connectivity index (χ1n) is 8.95. The highest BCUT2D eigenvalue weighted by Crippen LogP contribution is 2.19. The third kappa shape index (κ3) is 6.00. The van der Waals surface area contributed by atoms with Crippen LogP contribution in [0.5, 0.6) is 5.75 Å².